The number of hydrogen-bond acceptors (Lipinski definition) is 4. The number of rotatable bonds is 6. The maximum atomic E-state index is 13.4. The molecule has 4 aromatic rings. The summed E-state index contributed by atoms with van der Waals surface area (Å²) in [5.74, 6) is 1.34. The van der Waals surface area contributed by atoms with Gasteiger partial charge in [0.05, 0.1) is 27.2 Å². The largest absolute Gasteiger partial charge is 0.486 e. The van der Waals surface area contributed by atoms with Crippen molar-refractivity contribution in [3.63, 3.8) is 0 Å². The molecule has 1 fully saturated rings. The molecule has 0 radical (unpaired) electrons. The van der Waals surface area contributed by atoms with Gasteiger partial charge in [-0.15, -0.1) is 0 Å². The average Bonchev–Trinajstić information content (AvgIpc) is 2.89. The van der Waals surface area contributed by atoms with E-state index in [0.29, 0.717) is 44.7 Å². The van der Waals surface area contributed by atoms with Crippen LogP contribution >= 0.6 is 23.2 Å². The second-order valence-corrected chi connectivity index (χ2v) is 9.59. The third-order valence-electron chi connectivity index (χ3n) is 6.32. The molecule has 7 heteroatoms. The van der Waals surface area contributed by atoms with Gasteiger partial charge in [-0.25, -0.2) is 4.98 Å². The van der Waals surface area contributed by atoms with Crippen molar-refractivity contribution in [2.75, 3.05) is 0 Å². The minimum absolute atomic E-state index is 0.174. The van der Waals surface area contributed by atoms with Crippen LogP contribution in [0.5, 0.6) is 5.75 Å². The highest BCUT2D eigenvalue weighted by Gasteiger charge is 2.22. The van der Waals surface area contributed by atoms with E-state index in [-0.39, 0.29) is 11.5 Å². The summed E-state index contributed by atoms with van der Waals surface area (Å²) in [5.41, 5.74) is 2.22. The van der Waals surface area contributed by atoms with E-state index in [0.717, 1.165) is 31.2 Å². The predicted octanol–water partition coefficient (Wildman–Crippen LogP) is 7.21. The van der Waals surface area contributed by atoms with Crippen LogP contribution in [-0.2, 0) is 6.61 Å². The highest BCUT2D eigenvalue weighted by atomic mass is 35.5. The van der Waals surface area contributed by atoms with E-state index >= 15 is 0 Å². The predicted molar refractivity (Wildman–Crippen MR) is 142 cm³/mol. The first-order valence-electron chi connectivity index (χ1n) is 11.8. The zero-order valence-corrected chi connectivity index (χ0v) is 20.7. The Morgan fingerprint density at radius 1 is 0.971 bits per heavy atom. The third kappa shape index (κ3) is 5.26. The molecule has 0 bridgehead atoms. The zero-order valence-electron chi connectivity index (χ0n) is 19.2. The quantitative estimate of drug-likeness (QED) is 0.260. The van der Waals surface area contributed by atoms with Crippen molar-refractivity contribution in [2.45, 2.75) is 44.6 Å². The lowest BCUT2D eigenvalue weighted by atomic mass is 9.88. The van der Waals surface area contributed by atoms with E-state index in [1.165, 1.54) is 11.1 Å². The van der Waals surface area contributed by atoms with Gasteiger partial charge in [-0.3, -0.25) is 4.79 Å². The lowest BCUT2D eigenvalue weighted by Gasteiger charge is -2.22. The van der Waals surface area contributed by atoms with E-state index in [1.54, 1.807) is 24.4 Å². The van der Waals surface area contributed by atoms with Crippen molar-refractivity contribution in [3.8, 4) is 5.75 Å². The molecule has 0 unspecified atom stereocenters. The number of hydrogen-bond donors (Lipinski definition) is 0. The summed E-state index contributed by atoms with van der Waals surface area (Å²) in [5, 5.41) is 5.87. The maximum Gasteiger partial charge on any atom is 0.282 e. The Hall–Kier alpha value is -3.15. The van der Waals surface area contributed by atoms with Crippen LogP contribution in [0.1, 0.15) is 55.0 Å². The molecule has 1 aliphatic rings. The second kappa shape index (κ2) is 10.6. The van der Waals surface area contributed by atoms with Gasteiger partial charge in [0.1, 0.15) is 12.4 Å². The molecule has 1 aromatic heterocycles. The summed E-state index contributed by atoms with van der Waals surface area (Å²) in [7, 11) is 0. The van der Waals surface area contributed by atoms with Crippen molar-refractivity contribution in [2.24, 2.45) is 5.10 Å². The normalized spacial score (nSPS) is 14.6. The van der Waals surface area contributed by atoms with Crippen LogP contribution in [0.25, 0.3) is 10.9 Å². The molecule has 178 valence electrons. The van der Waals surface area contributed by atoms with E-state index in [9.17, 15) is 4.79 Å². The van der Waals surface area contributed by atoms with Crippen molar-refractivity contribution in [1.82, 2.24) is 9.66 Å². The van der Waals surface area contributed by atoms with Crippen LogP contribution in [0.15, 0.2) is 76.6 Å². The topological polar surface area (TPSA) is 56.5 Å². The standard InChI is InChI=1S/C28H25Cl2N3O2/c29-23-15-20(16-24(30)26(23)35-18-19-9-3-1-4-10-19)17-31-33-27(21-11-5-2-6-12-21)32-25-14-8-7-13-22(25)28(33)34/h1,3-4,7-10,13-17,21H,2,5-6,11-12,18H2. The van der Waals surface area contributed by atoms with Gasteiger partial charge in [-0.05, 0) is 48.2 Å². The van der Waals surface area contributed by atoms with Gasteiger partial charge in [0.2, 0.25) is 0 Å². The first kappa shape index (κ1) is 23.6. The molecular formula is C28H25Cl2N3O2. The summed E-state index contributed by atoms with van der Waals surface area (Å²) >= 11 is 13.0. The molecule has 0 N–H and O–H groups in total. The number of para-hydroxylation sites is 1. The molecule has 35 heavy (non-hydrogen) atoms. The van der Waals surface area contributed by atoms with E-state index in [4.69, 9.17) is 32.9 Å². The molecule has 5 rings (SSSR count). The molecular weight excluding hydrogens is 481 g/mol. The summed E-state index contributed by atoms with van der Waals surface area (Å²) < 4.78 is 7.31. The summed E-state index contributed by atoms with van der Waals surface area (Å²) in [6.45, 7) is 0.358. The molecule has 0 saturated heterocycles. The lowest BCUT2D eigenvalue weighted by molar-refractivity contribution is 0.306. The minimum atomic E-state index is -0.174. The van der Waals surface area contributed by atoms with Gasteiger partial charge in [-0.2, -0.15) is 9.78 Å². The minimum Gasteiger partial charge on any atom is -0.486 e. The smallest absolute Gasteiger partial charge is 0.282 e. The van der Waals surface area contributed by atoms with E-state index < -0.39 is 0 Å². The van der Waals surface area contributed by atoms with Crippen molar-refractivity contribution in [3.05, 3.63) is 104 Å². The Balaban J connectivity index is 1.47. The van der Waals surface area contributed by atoms with Crippen LogP contribution < -0.4 is 10.3 Å². The number of benzene rings is 3. The SMILES string of the molecule is O=c1c2ccccc2nc(C2CCCCC2)n1N=Cc1cc(Cl)c(OCc2ccccc2)c(Cl)c1. The molecule has 0 aliphatic heterocycles. The number of nitrogens with zero attached hydrogens (tertiary/aromatic N) is 3. The highest BCUT2D eigenvalue weighted by Crippen LogP contribution is 2.35. The fourth-order valence-electron chi connectivity index (χ4n) is 4.52. The first-order chi connectivity index (χ1) is 17.1. The van der Waals surface area contributed by atoms with Crippen LogP contribution in [0.2, 0.25) is 10.0 Å². The fraction of sp³-hybridized carbons (Fsp3) is 0.250. The van der Waals surface area contributed by atoms with Gasteiger partial charge in [0.25, 0.3) is 5.56 Å². The van der Waals surface area contributed by atoms with E-state index in [2.05, 4.69) is 5.10 Å². The average molecular weight is 506 g/mol. The Kier molecular flexibility index (Phi) is 7.16. The van der Waals surface area contributed by atoms with E-state index in [1.807, 2.05) is 48.5 Å². The fourth-order valence-corrected chi connectivity index (χ4v) is 5.14. The molecule has 0 amide bonds. The second-order valence-electron chi connectivity index (χ2n) is 8.77. The molecule has 3 aromatic carbocycles. The van der Waals surface area contributed by atoms with Crippen LogP contribution in [-0.4, -0.2) is 15.9 Å². The van der Waals surface area contributed by atoms with Crippen LogP contribution in [0.4, 0.5) is 0 Å². The molecule has 0 atom stereocenters. The summed E-state index contributed by atoms with van der Waals surface area (Å²) in [6, 6.07) is 20.7. The summed E-state index contributed by atoms with van der Waals surface area (Å²) in [6.07, 6.45) is 7.09. The highest BCUT2D eigenvalue weighted by molar-refractivity contribution is 6.37. The maximum absolute atomic E-state index is 13.4. The monoisotopic (exact) mass is 505 g/mol. The van der Waals surface area contributed by atoms with Gasteiger partial charge in [-0.1, -0.05) is 84.9 Å². The molecule has 0 spiro atoms. The molecule has 1 saturated carbocycles. The van der Waals surface area contributed by atoms with Crippen molar-refractivity contribution >= 4 is 40.3 Å². The third-order valence-corrected chi connectivity index (χ3v) is 6.88. The molecule has 5 nitrogen and oxygen atoms in total. The zero-order chi connectivity index (χ0) is 24.2. The molecule has 1 aliphatic carbocycles. The van der Waals surface area contributed by atoms with Gasteiger partial charge < -0.3 is 4.74 Å². The lowest BCUT2D eigenvalue weighted by Crippen LogP contribution is -2.25. The number of fused-ring (bicyclic) bond motifs is 1. The van der Waals surface area contributed by atoms with Crippen LogP contribution in [0, 0.1) is 0 Å². The first-order valence-corrected chi connectivity index (χ1v) is 12.6. The van der Waals surface area contributed by atoms with Crippen molar-refractivity contribution in [1.29, 1.82) is 0 Å². The number of halogens is 2. The number of aromatic nitrogens is 2. The Bertz CT molecular complexity index is 1400. The van der Waals surface area contributed by atoms with Gasteiger partial charge in [0.15, 0.2) is 5.75 Å². The van der Waals surface area contributed by atoms with Crippen LogP contribution in [0.3, 0.4) is 0 Å². The Morgan fingerprint density at radius 2 is 1.66 bits per heavy atom. The Labute approximate surface area is 214 Å². The van der Waals surface area contributed by atoms with Gasteiger partial charge in [0, 0.05) is 5.92 Å². The number of ether oxygens (including phenoxy) is 1. The van der Waals surface area contributed by atoms with Crippen molar-refractivity contribution < 1.29 is 4.74 Å². The van der Waals surface area contributed by atoms with Gasteiger partial charge >= 0.3 is 0 Å². The Morgan fingerprint density at radius 3 is 2.40 bits per heavy atom. The summed E-state index contributed by atoms with van der Waals surface area (Å²) in [4.78, 5) is 18.2. The molecule has 1 heterocycles.